The van der Waals surface area contributed by atoms with Crippen molar-refractivity contribution in [2.75, 3.05) is 7.11 Å². The highest BCUT2D eigenvalue weighted by Gasteiger charge is 2.25. The Morgan fingerprint density at radius 2 is 1.94 bits per heavy atom. The van der Waals surface area contributed by atoms with Gasteiger partial charge in [-0.25, -0.2) is 0 Å². The first-order valence-corrected chi connectivity index (χ1v) is 9.07. The smallest absolute Gasteiger partial charge is 0.322 e. The maximum Gasteiger partial charge on any atom is 0.322 e. The maximum absolute atomic E-state index is 11.2. The van der Waals surface area contributed by atoms with Gasteiger partial charge in [-0.2, -0.15) is 0 Å². The number of hydrogen-bond donors (Lipinski definition) is 1. The zero-order valence-corrected chi connectivity index (χ0v) is 11.8. The zero-order chi connectivity index (χ0) is 12.9. The topological polar surface area (TPSA) is 52.3 Å². The van der Waals surface area contributed by atoms with Crippen LogP contribution in [-0.2, 0) is 9.53 Å². The first-order chi connectivity index (χ1) is 7.97. The second-order valence-electron chi connectivity index (χ2n) is 4.92. The predicted molar refractivity (Wildman–Crippen MR) is 73.0 cm³/mol. The lowest BCUT2D eigenvalue weighted by Gasteiger charge is -2.24. The van der Waals surface area contributed by atoms with Crippen LogP contribution in [0.4, 0.5) is 0 Å². The Hall–Kier alpha value is -1.13. The Morgan fingerprint density at radius 3 is 2.47 bits per heavy atom. The fraction of sp³-hybridized carbons (Fsp3) is 0.462. The van der Waals surface area contributed by atoms with E-state index < -0.39 is 14.1 Å². The molecule has 1 atom stereocenters. The maximum atomic E-state index is 11.2. The van der Waals surface area contributed by atoms with Crippen molar-refractivity contribution in [1.82, 2.24) is 0 Å². The van der Waals surface area contributed by atoms with Crippen LogP contribution in [0.25, 0.3) is 0 Å². The molecule has 1 aromatic carbocycles. The molecule has 0 bridgehead atoms. The first kappa shape index (κ1) is 13.9. The minimum Gasteiger partial charge on any atom is -0.468 e. The summed E-state index contributed by atoms with van der Waals surface area (Å²) in [4.78, 5) is 11.2. The summed E-state index contributed by atoms with van der Waals surface area (Å²) in [6.07, 6.45) is 0.695. The Balaban J connectivity index is 2.59. The average molecular weight is 251 g/mol. The molecule has 0 unspecified atom stereocenters. The molecule has 0 aromatic heterocycles. The minimum atomic E-state index is -1.49. The summed E-state index contributed by atoms with van der Waals surface area (Å²) in [7, 11) is -0.112. The molecule has 0 saturated carbocycles. The van der Waals surface area contributed by atoms with Crippen LogP contribution >= 0.6 is 0 Å². The number of ether oxygens (including phenoxy) is 1. The van der Waals surface area contributed by atoms with Gasteiger partial charge in [0.05, 0.1) is 15.2 Å². The van der Waals surface area contributed by atoms with Gasteiger partial charge >= 0.3 is 5.97 Å². The van der Waals surface area contributed by atoms with Crippen molar-refractivity contribution in [3.63, 3.8) is 0 Å². The van der Waals surface area contributed by atoms with Gasteiger partial charge < -0.3 is 10.5 Å². The van der Waals surface area contributed by atoms with Crippen molar-refractivity contribution in [2.24, 2.45) is 5.73 Å². The van der Waals surface area contributed by atoms with Crippen LogP contribution in [-0.4, -0.2) is 27.2 Å². The van der Waals surface area contributed by atoms with Crippen molar-refractivity contribution in [2.45, 2.75) is 31.6 Å². The van der Waals surface area contributed by atoms with Crippen molar-refractivity contribution >= 4 is 19.2 Å². The van der Waals surface area contributed by atoms with Gasteiger partial charge in [-0.15, -0.1) is 0 Å². The van der Waals surface area contributed by atoms with Crippen molar-refractivity contribution in [1.29, 1.82) is 0 Å². The molecule has 17 heavy (non-hydrogen) atoms. The van der Waals surface area contributed by atoms with Crippen LogP contribution in [0.2, 0.25) is 19.1 Å². The number of methoxy groups -OCH3 is 1. The summed E-state index contributed by atoms with van der Waals surface area (Å²) in [5.74, 6) is -0.317. The lowest BCUT2D eigenvalue weighted by molar-refractivity contribution is -0.142. The summed E-state index contributed by atoms with van der Waals surface area (Å²) in [6, 6.07) is 11.0. The molecule has 0 spiro atoms. The number of benzene rings is 1. The van der Waals surface area contributed by atoms with Crippen LogP contribution in [0, 0.1) is 0 Å². The van der Waals surface area contributed by atoms with E-state index >= 15 is 0 Å². The van der Waals surface area contributed by atoms with Crippen LogP contribution in [0.15, 0.2) is 30.3 Å². The van der Waals surface area contributed by atoms with E-state index in [9.17, 15) is 4.79 Å². The Morgan fingerprint density at radius 1 is 1.35 bits per heavy atom. The van der Waals surface area contributed by atoms with Gasteiger partial charge in [-0.05, 0) is 6.42 Å². The lowest BCUT2D eigenvalue weighted by Crippen LogP contribution is -2.43. The van der Waals surface area contributed by atoms with E-state index in [0.29, 0.717) is 6.42 Å². The van der Waals surface area contributed by atoms with E-state index in [1.165, 1.54) is 12.3 Å². The second kappa shape index (κ2) is 5.98. The molecule has 0 amide bonds. The number of esters is 1. The number of nitrogens with two attached hydrogens (primary N) is 1. The Kier molecular flexibility index (Phi) is 4.90. The van der Waals surface area contributed by atoms with Gasteiger partial charge in [0, 0.05) is 0 Å². The van der Waals surface area contributed by atoms with Crippen LogP contribution in [0.3, 0.4) is 0 Å². The predicted octanol–water partition coefficient (Wildman–Crippen LogP) is 1.49. The molecule has 1 aromatic rings. The molecule has 1 rings (SSSR count). The molecule has 0 aliphatic rings. The third-order valence-electron chi connectivity index (χ3n) is 3.14. The highest BCUT2D eigenvalue weighted by atomic mass is 28.3. The molecule has 0 aliphatic carbocycles. The number of carbonyl (C=O) groups excluding carboxylic acids is 1. The van der Waals surface area contributed by atoms with E-state index in [2.05, 4.69) is 42.1 Å². The van der Waals surface area contributed by atoms with Gasteiger partial charge in [-0.3, -0.25) is 4.79 Å². The SMILES string of the molecule is COC(=O)[C@H](N)CC[Si](C)(C)c1ccccc1. The highest BCUT2D eigenvalue weighted by Crippen LogP contribution is 2.14. The van der Waals surface area contributed by atoms with Crippen molar-refractivity contribution in [3.05, 3.63) is 30.3 Å². The quantitative estimate of drug-likeness (QED) is 0.637. The molecule has 0 radical (unpaired) electrons. The fourth-order valence-electron chi connectivity index (χ4n) is 1.82. The van der Waals surface area contributed by atoms with E-state index in [-0.39, 0.29) is 5.97 Å². The third-order valence-corrected chi connectivity index (χ3v) is 6.57. The van der Waals surface area contributed by atoms with E-state index in [1.54, 1.807) is 0 Å². The number of carbonyl (C=O) groups is 1. The molecular formula is C13H21NO2Si. The summed E-state index contributed by atoms with van der Waals surface area (Å²) >= 11 is 0. The average Bonchev–Trinajstić information content (AvgIpc) is 2.36. The largest absolute Gasteiger partial charge is 0.468 e. The molecule has 4 heteroatoms. The van der Waals surface area contributed by atoms with Gasteiger partial charge in [0.1, 0.15) is 6.04 Å². The standard InChI is InChI=1S/C13H21NO2Si/c1-16-13(15)12(14)9-10-17(2,3)11-7-5-4-6-8-11/h4-8,12H,9-10,14H2,1-3H3/t12-/m1/s1. The summed E-state index contributed by atoms with van der Waals surface area (Å²) in [6.45, 7) is 4.60. The van der Waals surface area contributed by atoms with Crippen LogP contribution in [0.1, 0.15) is 6.42 Å². The highest BCUT2D eigenvalue weighted by molar-refractivity contribution is 6.89. The fourth-order valence-corrected chi connectivity index (χ4v) is 4.24. The first-order valence-electron chi connectivity index (χ1n) is 5.86. The lowest BCUT2D eigenvalue weighted by atomic mass is 10.2. The minimum absolute atomic E-state index is 0.317. The van der Waals surface area contributed by atoms with E-state index in [0.717, 1.165) is 6.04 Å². The van der Waals surface area contributed by atoms with Crippen LogP contribution < -0.4 is 10.9 Å². The van der Waals surface area contributed by atoms with E-state index in [1.807, 2.05) is 6.07 Å². The second-order valence-corrected chi connectivity index (χ2v) is 9.76. The van der Waals surface area contributed by atoms with Crippen molar-refractivity contribution in [3.8, 4) is 0 Å². The molecule has 3 nitrogen and oxygen atoms in total. The zero-order valence-electron chi connectivity index (χ0n) is 10.8. The third kappa shape index (κ3) is 3.98. The van der Waals surface area contributed by atoms with Gasteiger partial charge in [0.25, 0.3) is 0 Å². The molecular weight excluding hydrogens is 230 g/mol. The molecule has 2 N–H and O–H groups in total. The number of rotatable bonds is 5. The molecule has 94 valence electrons. The molecule has 0 aliphatic heterocycles. The Labute approximate surface area is 104 Å². The molecule has 0 fully saturated rings. The van der Waals surface area contributed by atoms with Gasteiger partial charge in [0.15, 0.2) is 0 Å². The normalized spacial score (nSPS) is 13.2. The van der Waals surface area contributed by atoms with Gasteiger partial charge in [0.2, 0.25) is 0 Å². The van der Waals surface area contributed by atoms with E-state index in [4.69, 9.17) is 5.73 Å². The molecule has 0 heterocycles. The summed E-state index contributed by atoms with van der Waals surface area (Å²) < 4.78 is 4.63. The number of hydrogen-bond acceptors (Lipinski definition) is 3. The summed E-state index contributed by atoms with van der Waals surface area (Å²) in [5, 5.41) is 1.40. The van der Waals surface area contributed by atoms with Crippen molar-refractivity contribution < 1.29 is 9.53 Å². The molecule has 0 saturated heterocycles. The van der Waals surface area contributed by atoms with Gasteiger partial charge in [-0.1, -0.05) is 54.7 Å². The monoisotopic (exact) mass is 251 g/mol. The van der Waals surface area contributed by atoms with Crippen LogP contribution in [0.5, 0.6) is 0 Å². The Bertz CT molecular complexity index is 365. The summed E-state index contributed by atoms with van der Waals surface area (Å²) in [5.41, 5.74) is 5.76.